The normalized spacial score (nSPS) is 11.3. The molecule has 0 atom stereocenters. The quantitative estimate of drug-likeness (QED) is 0.635. The topological polar surface area (TPSA) is 89.8 Å². The third-order valence-corrected chi connectivity index (χ3v) is 2.55. The molecule has 0 heterocycles. The van der Waals surface area contributed by atoms with Crippen molar-refractivity contribution in [2.24, 2.45) is 0 Å². The highest BCUT2D eigenvalue weighted by Gasteiger charge is 2.26. The van der Waals surface area contributed by atoms with Gasteiger partial charge in [-0.05, 0) is 25.1 Å². The summed E-state index contributed by atoms with van der Waals surface area (Å²) in [4.78, 5) is 11.8. The second-order valence-electron chi connectivity index (χ2n) is 3.99. The maximum Gasteiger partial charge on any atom is 0.255 e. The van der Waals surface area contributed by atoms with E-state index < -0.39 is 24.7 Å². The van der Waals surface area contributed by atoms with E-state index in [1.54, 1.807) is 0 Å². The van der Waals surface area contributed by atoms with Crippen molar-refractivity contribution in [3.05, 3.63) is 28.8 Å². The molecule has 0 saturated carbocycles. The molecule has 6 heteroatoms. The van der Waals surface area contributed by atoms with Gasteiger partial charge in [-0.1, -0.05) is 11.6 Å². The zero-order valence-corrected chi connectivity index (χ0v) is 10.0. The number of carbonyl (C=O) groups excluding carboxylic acids is 1. The molecule has 4 N–H and O–H groups in total. The van der Waals surface area contributed by atoms with Gasteiger partial charge in [0.25, 0.3) is 5.91 Å². The minimum atomic E-state index is -1.14. The van der Waals surface area contributed by atoms with Crippen molar-refractivity contribution in [3.8, 4) is 5.75 Å². The van der Waals surface area contributed by atoms with Crippen LogP contribution in [0.15, 0.2) is 18.2 Å². The van der Waals surface area contributed by atoms with E-state index in [4.69, 9.17) is 21.8 Å². The highest BCUT2D eigenvalue weighted by atomic mass is 35.5. The molecule has 1 aromatic carbocycles. The van der Waals surface area contributed by atoms with Crippen LogP contribution in [0.5, 0.6) is 5.75 Å². The van der Waals surface area contributed by atoms with Gasteiger partial charge in [-0.2, -0.15) is 0 Å². The van der Waals surface area contributed by atoms with Crippen LogP contribution in [0.3, 0.4) is 0 Å². The molecule has 0 aliphatic rings. The van der Waals surface area contributed by atoms with Gasteiger partial charge in [0.05, 0.1) is 24.3 Å². The molecule has 0 radical (unpaired) electrons. The number of hydrogen-bond donors (Lipinski definition) is 4. The predicted octanol–water partition coefficient (Wildman–Crippen LogP) is 0.519. The van der Waals surface area contributed by atoms with Gasteiger partial charge in [0, 0.05) is 5.02 Å². The summed E-state index contributed by atoms with van der Waals surface area (Å²) >= 11 is 5.64. The van der Waals surface area contributed by atoms with Crippen molar-refractivity contribution in [1.82, 2.24) is 5.32 Å². The molecule has 0 aromatic heterocycles. The van der Waals surface area contributed by atoms with Crippen molar-refractivity contribution < 1.29 is 20.1 Å². The van der Waals surface area contributed by atoms with E-state index in [1.165, 1.54) is 25.1 Å². The smallest absolute Gasteiger partial charge is 0.255 e. The molecule has 1 amide bonds. The van der Waals surface area contributed by atoms with Crippen LogP contribution in [-0.4, -0.2) is 40.0 Å². The lowest BCUT2D eigenvalue weighted by atomic mass is 10.0. The van der Waals surface area contributed by atoms with Crippen LogP contribution in [0.4, 0.5) is 0 Å². The van der Waals surface area contributed by atoms with Crippen LogP contribution >= 0.6 is 11.6 Å². The first-order valence-electron chi connectivity index (χ1n) is 4.94. The lowest BCUT2D eigenvalue weighted by Gasteiger charge is -2.26. The molecule has 5 nitrogen and oxygen atoms in total. The molecule has 1 rings (SSSR count). The standard InChI is InChI=1S/C11H14ClNO4/c1-11(5-14,6-15)13-10(17)8-3-2-7(12)4-9(8)16/h2-4,14-16H,5-6H2,1H3,(H,13,17). The molecule has 0 aliphatic heterocycles. The second-order valence-corrected chi connectivity index (χ2v) is 4.43. The van der Waals surface area contributed by atoms with Crippen molar-refractivity contribution >= 4 is 17.5 Å². The molecule has 94 valence electrons. The average Bonchev–Trinajstić information content (AvgIpc) is 2.28. The second kappa shape index (κ2) is 5.35. The van der Waals surface area contributed by atoms with Gasteiger partial charge in [0.15, 0.2) is 0 Å². The Morgan fingerprint density at radius 1 is 1.41 bits per heavy atom. The van der Waals surface area contributed by atoms with Gasteiger partial charge in [-0.3, -0.25) is 4.79 Å². The predicted molar refractivity (Wildman–Crippen MR) is 63.2 cm³/mol. The number of aromatic hydroxyl groups is 1. The van der Waals surface area contributed by atoms with Crippen LogP contribution in [-0.2, 0) is 0 Å². The SMILES string of the molecule is CC(CO)(CO)NC(=O)c1ccc(Cl)cc1O. The van der Waals surface area contributed by atoms with E-state index in [1.807, 2.05) is 0 Å². The van der Waals surface area contributed by atoms with E-state index in [-0.39, 0.29) is 11.3 Å². The number of phenols is 1. The van der Waals surface area contributed by atoms with Gasteiger partial charge >= 0.3 is 0 Å². The van der Waals surface area contributed by atoms with Crippen LogP contribution in [0.25, 0.3) is 0 Å². The molecule has 0 fully saturated rings. The lowest BCUT2D eigenvalue weighted by Crippen LogP contribution is -2.51. The van der Waals surface area contributed by atoms with Crippen LogP contribution in [0, 0.1) is 0 Å². The molecule has 0 spiro atoms. The zero-order chi connectivity index (χ0) is 13.1. The van der Waals surface area contributed by atoms with Crippen molar-refractivity contribution in [3.63, 3.8) is 0 Å². The Balaban J connectivity index is 2.90. The van der Waals surface area contributed by atoms with E-state index in [2.05, 4.69) is 5.32 Å². The summed E-state index contributed by atoms with van der Waals surface area (Å²) in [6.45, 7) is 0.658. The third-order valence-electron chi connectivity index (χ3n) is 2.32. The summed E-state index contributed by atoms with van der Waals surface area (Å²) in [6.07, 6.45) is 0. The molecule has 1 aromatic rings. The first-order chi connectivity index (χ1) is 7.91. The fourth-order valence-corrected chi connectivity index (χ4v) is 1.33. The number of aliphatic hydroxyl groups excluding tert-OH is 2. The van der Waals surface area contributed by atoms with Crippen molar-refractivity contribution in [2.75, 3.05) is 13.2 Å². The van der Waals surface area contributed by atoms with Crippen LogP contribution in [0.1, 0.15) is 17.3 Å². The first kappa shape index (κ1) is 13.8. The van der Waals surface area contributed by atoms with E-state index in [9.17, 15) is 9.90 Å². The minimum Gasteiger partial charge on any atom is -0.507 e. The number of hydrogen-bond acceptors (Lipinski definition) is 4. The highest BCUT2D eigenvalue weighted by molar-refractivity contribution is 6.30. The van der Waals surface area contributed by atoms with E-state index in [0.29, 0.717) is 5.02 Å². The van der Waals surface area contributed by atoms with Crippen molar-refractivity contribution in [2.45, 2.75) is 12.5 Å². The van der Waals surface area contributed by atoms with Gasteiger partial charge in [-0.15, -0.1) is 0 Å². The number of halogens is 1. The Hall–Kier alpha value is -1.30. The molecule has 17 heavy (non-hydrogen) atoms. The number of aliphatic hydroxyl groups is 2. The summed E-state index contributed by atoms with van der Waals surface area (Å²) in [5.41, 5.74) is -1.11. The van der Waals surface area contributed by atoms with Crippen LogP contribution < -0.4 is 5.32 Å². The molecule has 0 saturated heterocycles. The maximum absolute atomic E-state index is 11.8. The Kier molecular flexibility index (Phi) is 4.34. The number of nitrogens with one attached hydrogen (secondary N) is 1. The monoisotopic (exact) mass is 259 g/mol. The Bertz CT molecular complexity index is 418. The van der Waals surface area contributed by atoms with Crippen LogP contribution in [0.2, 0.25) is 5.02 Å². The zero-order valence-electron chi connectivity index (χ0n) is 9.27. The minimum absolute atomic E-state index is 0.0301. The highest BCUT2D eigenvalue weighted by Crippen LogP contribution is 2.22. The molecule has 0 unspecified atom stereocenters. The molecular weight excluding hydrogens is 246 g/mol. The number of benzene rings is 1. The van der Waals surface area contributed by atoms with E-state index in [0.717, 1.165) is 0 Å². The number of phenolic OH excluding ortho intramolecular Hbond substituents is 1. The Morgan fingerprint density at radius 2 is 2.00 bits per heavy atom. The van der Waals surface area contributed by atoms with Gasteiger partial charge in [0.1, 0.15) is 5.75 Å². The lowest BCUT2D eigenvalue weighted by molar-refractivity contribution is 0.0721. The maximum atomic E-state index is 11.8. The summed E-state index contributed by atoms with van der Waals surface area (Å²) in [6, 6.07) is 4.07. The number of amides is 1. The average molecular weight is 260 g/mol. The summed E-state index contributed by atoms with van der Waals surface area (Å²) in [5.74, 6) is -0.849. The molecule has 0 aliphatic carbocycles. The van der Waals surface area contributed by atoms with E-state index >= 15 is 0 Å². The van der Waals surface area contributed by atoms with Crippen molar-refractivity contribution in [1.29, 1.82) is 0 Å². The summed E-state index contributed by atoms with van der Waals surface area (Å²) < 4.78 is 0. The fraction of sp³-hybridized carbons (Fsp3) is 0.364. The third kappa shape index (κ3) is 3.33. The number of rotatable bonds is 4. The van der Waals surface area contributed by atoms with Gasteiger partial charge in [0.2, 0.25) is 0 Å². The Morgan fingerprint density at radius 3 is 2.47 bits per heavy atom. The number of carbonyl (C=O) groups is 1. The Labute approximate surface area is 104 Å². The fourth-order valence-electron chi connectivity index (χ4n) is 1.17. The molecular formula is C11H14ClNO4. The largest absolute Gasteiger partial charge is 0.507 e. The van der Waals surface area contributed by atoms with Gasteiger partial charge in [-0.25, -0.2) is 0 Å². The first-order valence-corrected chi connectivity index (χ1v) is 5.32. The van der Waals surface area contributed by atoms with Gasteiger partial charge < -0.3 is 20.6 Å². The molecule has 0 bridgehead atoms. The summed E-state index contributed by atoms with van der Waals surface area (Å²) in [5, 5.41) is 30.3. The summed E-state index contributed by atoms with van der Waals surface area (Å²) in [7, 11) is 0.